The SMILES string of the molecule is C[C@@H](C(=O)N[C@]1(C#N)CCSC1)c1cc2ccccc2o1. The number of amides is 1. The summed E-state index contributed by atoms with van der Waals surface area (Å²) < 4.78 is 5.73. The van der Waals surface area contributed by atoms with Gasteiger partial charge in [0.05, 0.1) is 12.0 Å². The molecule has 1 saturated heterocycles. The molecule has 0 radical (unpaired) electrons. The van der Waals surface area contributed by atoms with Crippen molar-refractivity contribution in [1.82, 2.24) is 5.32 Å². The first-order valence-corrected chi connectivity index (χ1v) is 8.08. The number of nitrogens with zero attached hydrogens (tertiary/aromatic N) is 1. The van der Waals surface area contributed by atoms with Gasteiger partial charge in [-0.3, -0.25) is 4.79 Å². The third-order valence-corrected chi connectivity index (χ3v) is 5.05. The molecule has 4 nitrogen and oxygen atoms in total. The van der Waals surface area contributed by atoms with Crippen LogP contribution in [-0.4, -0.2) is 23.0 Å². The first-order valence-electron chi connectivity index (χ1n) is 6.93. The van der Waals surface area contributed by atoms with Crippen molar-refractivity contribution < 1.29 is 9.21 Å². The maximum absolute atomic E-state index is 12.4. The second kappa shape index (κ2) is 5.45. The number of nitrogens with one attached hydrogen (secondary N) is 1. The fourth-order valence-corrected chi connectivity index (χ4v) is 3.74. The van der Waals surface area contributed by atoms with Crippen molar-refractivity contribution in [1.29, 1.82) is 5.26 Å². The lowest BCUT2D eigenvalue weighted by molar-refractivity contribution is -0.123. The van der Waals surface area contributed by atoms with Crippen LogP contribution in [0.5, 0.6) is 0 Å². The van der Waals surface area contributed by atoms with Crippen LogP contribution < -0.4 is 5.32 Å². The molecule has 108 valence electrons. The minimum atomic E-state index is -0.720. The van der Waals surface area contributed by atoms with Crippen LogP contribution in [0, 0.1) is 11.3 Å². The number of rotatable bonds is 3. The van der Waals surface area contributed by atoms with Crippen LogP contribution in [0.15, 0.2) is 34.7 Å². The monoisotopic (exact) mass is 300 g/mol. The van der Waals surface area contributed by atoms with Gasteiger partial charge < -0.3 is 9.73 Å². The second-order valence-electron chi connectivity index (χ2n) is 5.39. The number of hydrogen-bond acceptors (Lipinski definition) is 4. The Bertz CT molecular complexity index is 677. The van der Waals surface area contributed by atoms with Crippen LogP contribution in [0.1, 0.15) is 25.0 Å². The van der Waals surface area contributed by atoms with E-state index in [9.17, 15) is 10.1 Å². The Morgan fingerprint density at radius 2 is 2.33 bits per heavy atom. The Morgan fingerprint density at radius 1 is 1.52 bits per heavy atom. The van der Waals surface area contributed by atoms with Gasteiger partial charge in [0.1, 0.15) is 16.9 Å². The van der Waals surface area contributed by atoms with E-state index < -0.39 is 11.5 Å². The van der Waals surface area contributed by atoms with Gasteiger partial charge in [0.25, 0.3) is 0 Å². The number of carbonyl (C=O) groups is 1. The van der Waals surface area contributed by atoms with E-state index in [2.05, 4.69) is 11.4 Å². The van der Waals surface area contributed by atoms with Crippen molar-refractivity contribution in [2.24, 2.45) is 0 Å². The minimum Gasteiger partial charge on any atom is -0.460 e. The molecule has 0 bridgehead atoms. The molecule has 1 aliphatic rings. The molecule has 21 heavy (non-hydrogen) atoms. The lowest BCUT2D eigenvalue weighted by Gasteiger charge is -2.22. The van der Waals surface area contributed by atoms with Gasteiger partial charge in [-0.05, 0) is 31.2 Å². The number of furan rings is 1. The molecule has 1 N–H and O–H groups in total. The van der Waals surface area contributed by atoms with Crippen LogP contribution in [-0.2, 0) is 4.79 Å². The molecular weight excluding hydrogens is 284 g/mol. The van der Waals surface area contributed by atoms with Gasteiger partial charge in [0, 0.05) is 11.1 Å². The molecule has 0 spiro atoms. The van der Waals surface area contributed by atoms with E-state index >= 15 is 0 Å². The molecular formula is C16H16N2O2S. The van der Waals surface area contributed by atoms with Gasteiger partial charge in [-0.2, -0.15) is 17.0 Å². The number of thioether (sulfide) groups is 1. The molecule has 1 amide bonds. The molecule has 5 heteroatoms. The standard InChI is InChI=1S/C16H16N2O2S/c1-11(14-8-12-4-2-3-5-13(12)20-14)15(19)18-16(9-17)6-7-21-10-16/h2-5,8,11H,6-7,10H2,1H3,(H,18,19)/t11-,16+/m1/s1. The molecule has 2 heterocycles. The number of fused-ring (bicyclic) bond motifs is 1. The Labute approximate surface area is 127 Å². The quantitative estimate of drug-likeness (QED) is 0.946. The molecule has 3 rings (SSSR count). The normalized spacial score (nSPS) is 22.9. The lowest BCUT2D eigenvalue weighted by Crippen LogP contribution is -2.48. The molecule has 1 aliphatic heterocycles. The average molecular weight is 300 g/mol. The van der Waals surface area contributed by atoms with Crippen molar-refractivity contribution >= 4 is 28.6 Å². The third-order valence-electron chi connectivity index (χ3n) is 3.86. The highest BCUT2D eigenvalue weighted by Gasteiger charge is 2.37. The third kappa shape index (κ3) is 2.64. The van der Waals surface area contributed by atoms with E-state index in [-0.39, 0.29) is 5.91 Å². The van der Waals surface area contributed by atoms with Crippen molar-refractivity contribution in [3.63, 3.8) is 0 Å². The summed E-state index contributed by atoms with van der Waals surface area (Å²) in [4.78, 5) is 12.4. The van der Waals surface area contributed by atoms with E-state index in [0.29, 0.717) is 17.9 Å². The molecule has 0 saturated carbocycles. The van der Waals surface area contributed by atoms with Crippen molar-refractivity contribution in [3.8, 4) is 6.07 Å². The molecule has 0 unspecified atom stereocenters. The maximum atomic E-state index is 12.4. The molecule has 1 fully saturated rings. The highest BCUT2D eigenvalue weighted by Crippen LogP contribution is 2.29. The number of benzene rings is 1. The largest absolute Gasteiger partial charge is 0.460 e. The summed E-state index contributed by atoms with van der Waals surface area (Å²) in [7, 11) is 0. The predicted molar refractivity (Wildman–Crippen MR) is 83.1 cm³/mol. The number of hydrogen-bond donors (Lipinski definition) is 1. The highest BCUT2D eigenvalue weighted by molar-refractivity contribution is 7.99. The Morgan fingerprint density at radius 3 is 3.00 bits per heavy atom. The van der Waals surface area contributed by atoms with Gasteiger partial charge in [0.2, 0.25) is 5.91 Å². The van der Waals surface area contributed by atoms with Gasteiger partial charge in [-0.15, -0.1) is 0 Å². The average Bonchev–Trinajstić information content (AvgIpc) is 3.13. The van der Waals surface area contributed by atoms with Crippen LogP contribution in [0.2, 0.25) is 0 Å². The van der Waals surface area contributed by atoms with E-state index in [1.165, 1.54) is 0 Å². The second-order valence-corrected chi connectivity index (χ2v) is 6.50. The summed E-state index contributed by atoms with van der Waals surface area (Å²) in [5.41, 5.74) is 0.0562. The van der Waals surface area contributed by atoms with Gasteiger partial charge in [-0.1, -0.05) is 18.2 Å². The number of carbonyl (C=O) groups excluding carboxylic acids is 1. The topological polar surface area (TPSA) is 66.0 Å². The summed E-state index contributed by atoms with van der Waals surface area (Å²) in [5.74, 6) is 1.63. The summed E-state index contributed by atoms with van der Waals surface area (Å²) >= 11 is 1.70. The smallest absolute Gasteiger partial charge is 0.231 e. The van der Waals surface area contributed by atoms with E-state index in [1.807, 2.05) is 30.3 Å². The Hall–Kier alpha value is -1.93. The van der Waals surface area contributed by atoms with Crippen molar-refractivity contribution in [2.75, 3.05) is 11.5 Å². The zero-order chi connectivity index (χ0) is 14.9. The molecule has 0 aliphatic carbocycles. The molecule has 2 aromatic rings. The predicted octanol–water partition coefficient (Wildman–Crippen LogP) is 3.05. The number of nitriles is 1. The highest BCUT2D eigenvalue weighted by atomic mass is 32.2. The minimum absolute atomic E-state index is 0.155. The summed E-state index contributed by atoms with van der Waals surface area (Å²) in [6.45, 7) is 1.81. The van der Waals surface area contributed by atoms with Crippen molar-refractivity contribution in [3.05, 3.63) is 36.1 Å². The zero-order valence-electron chi connectivity index (χ0n) is 11.8. The maximum Gasteiger partial charge on any atom is 0.231 e. The summed E-state index contributed by atoms with van der Waals surface area (Å²) in [5, 5.41) is 13.2. The van der Waals surface area contributed by atoms with E-state index in [4.69, 9.17) is 4.42 Å². The summed E-state index contributed by atoms with van der Waals surface area (Å²) in [6, 6.07) is 11.8. The van der Waals surface area contributed by atoms with Gasteiger partial charge in [0.15, 0.2) is 0 Å². The fraction of sp³-hybridized carbons (Fsp3) is 0.375. The first-order chi connectivity index (χ1) is 10.1. The Balaban J connectivity index is 1.79. The number of para-hydroxylation sites is 1. The van der Waals surface area contributed by atoms with Crippen LogP contribution in [0.25, 0.3) is 11.0 Å². The Kier molecular flexibility index (Phi) is 3.64. The molecule has 1 aromatic heterocycles. The summed E-state index contributed by atoms with van der Waals surface area (Å²) in [6.07, 6.45) is 0.701. The van der Waals surface area contributed by atoms with Gasteiger partial charge >= 0.3 is 0 Å². The molecule has 2 atom stereocenters. The van der Waals surface area contributed by atoms with Crippen LogP contribution >= 0.6 is 11.8 Å². The lowest BCUT2D eigenvalue weighted by atomic mass is 9.99. The first kappa shape index (κ1) is 14.0. The van der Waals surface area contributed by atoms with Crippen molar-refractivity contribution in [2.45, 2.75) is 24.8 Å². The zero-order valence-corrected chi connectivity index (χ0v) is 12.6. The van der Waals surface area contributed by atoms with Crippen LogP contribution in [0.4, 0.5) is 0 Å². The fourth-order valence-electron chi connectivity index (χ4n) is 2.47. The van der Waals surface area contributed by atoms with Crippen LogP contribution in [0.3, 0.4) is 0 Å². The van der Waals surface area contributed by atoms with E-state index in [1.54, 1.807) is 18.7 Å². The molecule has 1 aromatic carbocycles. The van der Waals surface area contributed by atoms with Gasteiger partial charge in [-0.25, -0.2) is 0 Å². The van der Waals surface area contributed by atoms with E-state index in [0.717, 1.165) is 16.7 Å².